The molecule has 1 aliphatic heterocycles. The van der Waals surface area contributed by atoms with Gasteiger partial charge in [-0.1, -0.05) is 36.4 Å². The highest BCUT2D eigenvalue weighted by Crippen LogP contribution is 2.21. The Bertz CT molecular complexity index is 590. The fourth-order valence-electron chi connectivity index (χ4n) is 3.37. The van der Waals surface area contributed by atoms with Crippen molar-refractivity contribution < 1.29 is 26.1 Å². The van der Waals surface area contributed by atoms with Gasteiger partial charge in [0.05, 0.1) is 13.1 Å². The summed E-state index contributed by atoms with van der Waals surface area (Å²) in [4.78, 5) is 1.57. The number of benzene rings is 2. The van der Waals surface area contributed by atoms with Gasteiger partial charge in [0.15, 0.2) is 0 Å². The largest absolute Gasteiger partial charge is 1.00 e. The molecule has 0 bridgehead atoms. The van der Waals surface area contributed by atoms with Gasteiger partial charge in [0.2, 0.25) is 0 Å². The summed E-state index contributed by atoms with van der Waals surface area (Å²) in [6, 6.07) is 14.6. The summed E-state index contributed by atoms with van der Waals surface area (Å²) in [5.41, 5.74) is 1.62. The van der Waals surface area contributed by atoms with Crippen LogP contribution in [0.25, 0.3) is 0 Å². The van der Waals surface area contributed by atoms with Crippen LogP contribution in [0.4, 0.5) is 8.78 Å². The zero-order chi connectivity index (χ0) is 15.4. The summed E-state index contributed by atoms with van der Waals surface area (Å²) in [6.45, 7) is 3.20. The Labute approximate surface area is 142 Å². The molecule has 2 aromatic rings. The number of quaternary nitrogens is 1. The van der Waals surface area contributed by atoms with Crippen molar-refractivity contribution >= 4 is 0 Å². The number of piperidine rings is 1. The fraction of sp³-hybridized carbons (Fsp3) is 0.368. The smallest absolute Gasteiger partial charge is 0.129 e. The van der Waals surface area contributed by atoms with Crippen molar-refractivity contribution in [3.8, 4) is 0 Å². The van der Waals surface area contributed by atoms with Gasteiger partial charge in [0.1, 0.15) is 18.2 Å². The maximum absolute atomic E-state index is 13.7. The number of likely N-dealkylation sites (tertiary alicyclic amines) is 1. The van der Waals surface area contributed by atoms with Crippen molar-refractivity contribution in [2.45, 2.75) is 25.8 Å². The molecular weight excluding hydrogens is 316 g/mol. The number of nitrogens with one attached hydrogen (secondary N) is 1. The molecule has 1 aliphatic rings. The predicted octanol–water partition coefficient (Wildman–Crippen LogP) is 0.00640. The molecule has 124 valence electrons. The van der Waals surface area contributed by atoms with E-state index in [0.29, 0.717) is 12.3 Å². The summed E-state index contributed by atoms with van der Waals surface area (Å²) in [7, 11) is 0. The minimum absolute atomic E-state index is 0. The van der Waals surface area contributed by atoms with Crippen molar-refractivity contribution in [3.63, 3.8) is 0 Å². The van der Waals surface area contributed by atoms with Crippen LogP contribution in [-0.4, -0.2) is 13.1 Å². The van der Waals surface area contributed by atoms with Gasteiger partial charge in [-0.05, 0) is 37.3 Å². The molecule has 0 amide bonds. The molecular formula is C19H22ClF2N. The van der Waals surface area contributed by atoms with Crippen LogP contribution in [0.5, 0.6) is 0 Å². The first-order valence-corrected chi connectivity index (χ1v) is 8.03. The first-order valence-electron chi connectivity index (χ1n) is 8.03. The quantitative estimate of drug-likeness (QED) is 0.801. The van der Waals surface area contributed by atoms with Crippen LogP contribution in [0.2, 0.25) is 0 Å². The Morgan fingerprint density at radius 1 is 0.870 bits per heavy atom. The Hall–Kier alpha value is -1.45. The Morgan fingerprint density at radius 2 is 1.48 bits per heavy atom. The minimum Gasteiger partial charge on any atom is -1.00 e. The van der Waals surface area contributed by atoms with E-state index in [1.807, 2.05) is 6.07 Å². The van der Waals surface area contributed by atoms with Crippen molar-refractivity contribution in [2.75, 3.05) is 13.1 Å². The van der Waals surface area contributed by atoms with E-state index in [9.17, 15) is 8.78 Å². The maximum atomic E-state index is 13.7. The standard InChI is InChI=1S/C19H21F2N.ClH/c20-18-7-4-8-19(21)17(18)13-15-9-11-22(12-10-15)14-16-5-2-1-3-6-16;/h1-8,15H,9-14H2;1H. The number of hydrogen-bond donors (Lipinski definition) is 1. The highest BCUT2D eigenvalue weighted by Gasteiger charge is 2.24. The second-order valence-corrected chi connectivity index (χ2v) is 6.26. The SMILES string of the molecule is Fc1cccc(F)c1CC1CC[NH+](Cc2ccccc2)CC1.[Cl-]. The van der Waals surface area contributed by atoms with E-state index in [1.54, 1.807) is 4.90 Å². The number of halogens is 3. The van der Waals surface area contributed by atoms with Crippen LogP contribution < -0.4 is 17.3 Å². The van der Waals surface area contributed by atoms with E-state index in [-0.39, 0.29) is 18.0 Å². The summed E-state index contributed by atoms with van der Waals surface area (Å²) in [5, 5.41) is 0. The Balaban J connectivity index is 0.00000192. The molecule has 23 heavy (non-hydrogen) atoms. The van der Waals surface area contributed by atoms with Gasteiger partial charge in [-0.25, -0.2) is 8.78 Å². The number of rotatable bonds is 4. The minimum atomic E-state index is -0.404. The van der Waals surface area contributed by atoms with Gasteiger partial charge in [-0.3, -0.25) is 0 Å². The second-order valence-electron chi connectivity index (χ2n) is 6.26. The van der Waals surface area contributed by atoms with E-state index >= 15 is 0 Å². The van der Waals surface area contributed by atoms with Gasteiger partial charge in [-0.15, -0.1) is 0 Å². The van der Waals surface area contributed by atoms with E-state index in [0.717, 1.165) is 32.5 Å². The lowest BCUT2D eigenvalue weighted by Crippen LogP contribution is -3.11. The molecule has 0 aliphatic carbocycles. The zero-order valence-electron chi connectivity index (χ0n) is 13.1. The van der Waals surface area contributed by atoms with Crippen LogP contribution in [-0.2, 0) is 13.0 Å². The number of hydrogen-bond acceptors (Lipinski definition) is 0. The molecule has 0 atom stereocenters. The summed E-state index contributed by atoms with van der Waals surface area (Å²) >= 11 is 0. The van der Waals surface area contributed by atoms with Crippen LogP contribution in [0, 0.1) is 17.6 Å². The van der Waals surface area contributed by atoms with Gasteiger partial charge in [0, 0.05) is 11.1 Å². The average molecular weight is 338 g/mol. The highest BCUT2D eigenvalue weighted by molar-refractivity contribution is 5.20. The lowest BCUT2D eigenvalue weighted by Gasteiger charge is -2.29. The molecule has 3 rings (SSSR count). The van der Waals surface area contributed by atoms with Crippen LogP contribution in [0.15, 0.2) is 48.5 Å². The first-order chi connectivity index (χ1) is 10.7. The van der Waals surface area contributed by atoms with E-state index in [1.165, 1.54) is 23.8 Å². The van der Waals surface area contributed by atoms with E-state index in [4.69, 9.17) is 0 Å². The van der Waals surface area contributed by atoms with Crippen molar-refractivity contribution in [2.24, 2.45) is 5.92 Å². The lowest BCUT2D eigenvalue weighted by atomic mass is 9.89. The Morgan fingerprint density at radius 3 is 2.09 bits per heavy atom. The molecule has 0 radical (unpaired) electrons. The molecule has 1 nitrogen and oxygen atoms in total. The predicted molar refractivity (Wildman–Crippen MR) is 83.6 cm³/mol. The van der Waals surface area contributed by atoms with Crippen molar-refractivity contribution in [1.82, 2.24) is 0 Å². The topological polar surface area (TPSA) is 4.44 Å². The van der Waals surface area contributed by atoms with Crippen molar-refractivity contribution in [3.05, 3.63) is 71.3 Å². The monoisotopic (exact) mass is 337 g/mol. The highest BCUT2D eigenvalue weighted by atomic mass is 35.5. The van der Waals surface area contributed by atoms with Gasteiger partial charge in [-0.2, -0.15) is 0 Å². The van der Waals surface area contributed by atoms with E-state index in [2.05, 4.69) is 24.3 Å². The van der Waals surface area contributed by atoms with Crippen LogP contribution in [0.3, 0.4) is 0 Å². The Kier molecular flexibility index (Phi) is 6.55. The van der Waals surface area contributed by atoms with E-state index < -0.39 is 11.6 Å². The molecule has 2 aromatic carbocycles. The second kappa shape index (κ2) is 8.42. The molecule has 0 unspecified atom stereocenters. The zero-order valence-corrected chi connectivity index (χ0v) is 13.8. The molecule has 1 heterocycles. The summed E-state index contributed by atoms with van der Waals surface area (Å²) in [5.74, 6) is -0.413. The molecule has 0 saturated carbocycles. The first kappa shape index (κ1) is 17.9. The molecule has 4 heteroatoms. The average Bonchev–Trinajstić information content (AvgIpc) is 2.54. The molecule has 0 aromatic heterocycles. The molecule has 0 spiro atoms. The summed E-state index contributed by atoms with van der Waals surface area (Å²) in [6.07, 6.45) is 2.60. The van der Waals surface area contributed by atoms with Crippen molar-refractivity contribution in [1.29, 1.82) is 0 Å². The third-order valence-electron chi connectivity index (χ3n) is 4.66. The fourth-order valence-corrected chi connectivity index (χ4v) is 3.37. The molecule has 1 N–H and O–H groups in total. The van der Waals surface area contributed by atoms with Gasteiger partial charge < -0.3 is 17.3 Å². The maximum Gasteiger partial charge on any atom is 0.129 e. The third kappa shape index (κ3) is 4.76. The lowest BCUT2D eigenvalue weighted by molar-refractivity contribution is -0.919. The normalized spacial score (nSPS) is 20.8. The van der Waals surface area contributed by atoms with Gasteiger partial charge in [0.25, 0.3) is 0 Å². The van der Waals surface area contributed by atoms with Gasteiger partial charge >= 0.3 is 0 Å². The molecule has 1 fully saturated rings. The third-order valence-corrected chi connectivity index (χ3v) is 4.66. The van der Waals surface area contributed by atoms with Crippen LogP contribution >= 0.6 is 0 Å². The molecule has 1 saturated heterocycles. The van der Waals surface area contributed by atoms with Crippen LogP contribution in [0.1, 0.15) is 24.0 Å². The summed E-state index contributed by atoms with van der Waals surface area (Å²) < 4.78 is 27.4.